The Hall–Kier alpha value is -0.0600. The van der Waals surface area contributed by atoms with Gasteiger partial charge >= 0.3 is 8.25 Å². The molecular formula is C6H10O5P+. The summed E-state index contributed by atoms with van der Waals surface area (Å²) >= 11 is 0. The average Bonchev–Trinajstić information content (AvgIpc) is 2.89. The molecule has 12 heavy (non-hydrogen) atoms. The van der Waals surface area contributed by atoms with Crippen LogP contribution < -0.4 is 0 Å². The van der Waals surface area contributed by atoms with Crippen molar-refractivity contribution in [1.29, 1.82) is 0 Å². The van der Waals surface area contributed by atoms with E-state index in [0.29, 0.717) is 26.4 Å². The molecule has 0 bridgehead atoms. The Balaban J connectivity index is 1.50. The Morgan fingerprint density at radius 3 is 1.92 bits per heavy atom. The van der Waals surface area contributed by atoms with Gasteiger partial charge in [0.15, 0.2) is 0 Å². The number of rotatable bonds is 6. The van der Waals surface area contributed by atoms with E-state index in [4.69, 9.17) is 18.5 Å². The molecule has 2 fully saturated rings. The number of ether oxygens (including phenoxy) is 2. The largest absolute Gasteiger partial charge is 0.697 e. The molecule has 2 aliphatic rings. The van der Waals surface area contributed by atoms with Crippen molar-refractivity contribution in [2.24, 2.45) is 0 Å². The number of epoxide rings is 2. The van der Waals surface area contributed by atoms with Crippen LogP contribution in [0.1, 0.15) is 0 Å². The van der Waals surface area contributed by atoms with Crippen LogP contribution in [0.2, 0.25) is 0 Å². The van der Waals surface area contributed by atoms with E-state index < -0.39 is 8.25 Å². The second kappa shape index (κ2) is 3.77. The van der Waals surface area contributed by atoms with Crippen molar-refractivity contribution in [1.82, 2.24) is 0 Å². The average molecular weight is 193 g/mol. The van der Waals surface area contributed by atoms with Gasteiger partial charge in [-0.05, 0) is 0 Å². The maximum Gasteiger partial charge on any atom is 0.697 e. The summed E-state index contributed by atoms with van der Waals surface area (Å²) in [5.41, 5.74) is 0. The second-order valence-electron chi connectivity index (χ2n) is 2.73. The standard InChI is InChI=1S/C6H10O5P/c7-12(10-3-5-1-8-5)11-4-6-2-9-6/h5-6H,1-4H2/q+1. The van der Waals surface area contributed by atoms with Gasteiger partial charge in [0.2, 0.25) is 0 Å². The summed E-state index contributed by atoms with van der Waals surface area (Å²) in [4.78, 5) is 0. The molecule has 2 atom stereocenters. The van der Waals surface area contributed by atoms with Gasteiger partial charge in [-0.15, -0.1) is 9.05 Å². The van der Waals surface area contributed by atoms with Crippen molar-refractivity contribution in [2.45, 2.75) is 12.2 Å². The van der Waals surface area contributed by atoms with Crippen LogP contribution in [0.25, 0.3) is 0 Å². The summed E-state index contributed by atoms with van der Waals surface area (Å²) in [6.45, 7) is 2.13. The van der Waals surface area contributed by atoms with Crippen LogP contribution in [0.4, 0.5) is 0 Å². The summed E-state index contributed by atoms with van der Waals surface area (Å²) in [5.74, 6) is 0. The molecule has 68 valence electrons. The number of hydrogen-bond acceptors (Lipinski definition) is 5. The fraction of sp³-hybridized carbons (Fsp3) is 1.00. The second-order valence-corrected chi connectivity index (χ2v) is 3.69. The Bertz CT molecular complexity index is 159. The summed E-state index contributed by atoms with van der Waals surface area (Å²) in [7, 11) is -1.98. The smallest absolute Gasteiger partial charge is 0.370 e. The Morgan fingerprint density at radius 2 is 1.58 bits per heavy atom. The van der Waals surface area contributed by atoms with Crippen LogP contribution in [0.5, 0.6) is 0 Å². The van der Waals surface area contributed by atoms with Crippen molar-refractivity contribution in [2.75, 3.05) is 26.4 Å². The third kappa shape index (κ3) is 3.13. The monoisotopic (exact) mass is 193 g/mol. The van der Waals surface area contributed by atoms with Gasteiger partial charge in [0.05, 0.1) is 13.2 Å². The predicted octanol–water partition coefficient (Wildman–Crippen LogP) is 0.475. The number of hydrogen-bond donors (Lipinski definition) is 0. The lowest BCUT2D eigenvalue weighted by molar-refractivity contribution is 0.194. The third-order valence-electron chi connectivity index (χ3n) is 1.54. The molecule has 0 radical (unpaired) electrons. The zero-order valence-electron chi connectivity index (χ0n) is 6.47. The molecule has 6 heteroatoms. The van der Waals surface area contributed by atoms with Gasteiger partial charge < -0.3 is 9.47 Å². The van der Waals surface area contributed by atoms with Gasteiger partial charge in [0.25, 0.3) is 0 Å². The molecule has 2 rings (SSSR count). The molecule has 2 unspecified atom stereocenters. The van der Waals surface area contributed by atoms with Gasteiger partial charge in [-0.1, -0.05) is 0 Å². The van der Waals surface area contributed by atoms with Crippen molar-refractivity contribution >= 4 is 8.25 Å². The lowest BCUT2D eigenvalue weighted by atomic mass is 10.5. The maximum atomic E-state index is 10.9. The zero-order valence-corrected chi connectivity index (χ0v) is 7.37. The minimum absolute atomic E-state index is 0.129. The van der Waals surface area contributed by atoms with E-state index >= 15 is 0 Å². The van der Waals surface area contributed by atoms with E-state index in [1.165, 1.54) is 0 Å². The highest BCUT2D eigenvalue weighted by Gasteiger charge is 2.33. The summed E-state index contributed by atoms with van der Waals surface area (Å²) < 4.78 is 30.3. The lowest BCUT2D eigenvalue weighted by Gasteiger charge is -1.85. The molecule has 0 spiro atoms. The first kappa shape index (κ1) is 8.53. The normalized spacial score (nSPS) is 33.2. The molecule has 0 aliphatic carbocycles. The highest BCUT2D eigenvalue weighted by atomic mass is 31.1. The van der Waals surface area contributed by atoms with E-state index in [0.717, 1.165) is 0 Å². The van der Waals surface area contributed by atoms with E-state index in [2.05, 4.69) is 0 Å². The van der Waals surface area contributed by atoms with Gasteiger partial charge in [-0.3, -0.25) is 0 Å². The lowest BCUT2D eigenvalue weighted by Crippen LogP contribution is -1.99. The van der Waals surface area contributed by atoms with Crippen LogP contribution in [0.3, 0.4) is 0 Å². The van der Waals surface area contributed by atoms with Gasteiger partial charge in [-0.25, -0.2) is 0 Å². The molecule has 0 aromatic carbocycles. The van der Waals surface area contributed by atoms with Gasteiger partial charge in [0.1, 0.15) is 25.4 Å². The Labute approximate surface area is 70.9 Å². The predicted molar refractivity (Wildman–Crippen MR) is 39.0 cm³/mol. The van der Waals surface area contributed by atoms with Crippen molar-refractivity contribution in [3.8, 4) is 0 Å². The summed E-state index contributed by atoms with van der Waals surface area (Å²) in [6.07, 6.45) is 0.259. The minimum atomic E-state index is -1.98. The molecule has 2 aliphatic heterocycles. The molecule has 2 saturated heterocycles. The molecule has 5 nitrogen and oxygen atoms in total. The minimum Gasteiger partial charge on any atom is -0.370 e. The molecular weight excluding hydrogens is 183 g/mol. The van der Waals surface area contributed by atoms with Crippen molar-refractivity contribution < 1.29 is 23.1 Å². The van der Waals surface area contributed by atoms with Crippen LogP contribution in [-0.2, 0) is 23.1 Å². The van der Waals surface area contributed by atoms with Crippen LogP contribution in [-0.4, -0.2) is 38.6 Å². The van der Waals surface area contributed by atoms with E-state index in [1.807, 2.05) is 0 Å². The van der Waals surface area contributed by atoms with E-state index in [-0.39, 0.29) is 12.2 Å². The van der Waals surface area contributed by atoms with Crippen molar-refractivity contribution in [3.05, 3.63) is 0 Å². The van der Waals surface area contributed by atoms with Crippen LogP contribution in [0.15, 0.2) is 0 Å². The summed E-state index contributed by atoms with van der Waals surface area (Å²) in [6, 6.07) is 0. The molecule has 0 aromatic rings. The van der Waals surface area contributed by atoms with Gasteiger partial charge in [0, 0.05) is 4.57 Å². The van der Waals surface area contributed by atoms with Crippen molar-refractivity contribution in [3.63, 3.8) is 0 Å². The molecule has 0 N–H and O–H groups in total. The highest BCUT2D eigenvalue weighted by Crippen LogP contribution is 2.27. The fourth-order valence-electron chi connectivity index (χ4n) is 0.654. The molecule has 0 saturated carbocycles. The van der Waals surface area contributed by atoms with Crippen LogP contribution in [0, 0.1) is 0 Å². The Morgan fingerprint density at radius 1 is 1.17 bits per heavy atom. The topological polar surface area (TPSA) is 60.6 Å². The first-order valence-corrected chi connectivity index (χ1v) is 4.90. The maximum absolute atomic E-state index is 10.9. The highest BCUT2D eigenvalue weighted by molar-refractivity contribution is 7.33. The Kier molecular flexibility index (Phi) is 2.68. The fourth-order valence-corrected chi connectivity index (χ4v) is 1.30. The first-order valence-electron chi connectivity index (χ1n) is 3.81. The first-order chi connectivity index (χ1) is 5.84. The SMILES string of the molecule is O=[P+](OCC1CO1)OCC1CO1. The van der Waals surface area contributed by atoms with Gasteiger partial charge in [-0.2, -0.15) is 0 Å². The van der Waals surface area contributed by atoms with E-state index in [1.54, 1.807) is 0 Å². The molecule has 2 heterocycles. The van der Waals surface area contributed by atoms with E-state index in [9.17, 15) is 4.57 Å². The molecule has 0 aromatic heterocycles. The van der Waals surface area contributed by atoms with Crippen LogP contribution >= 0.6 is 8.25 Å². The quantitative estimate of drug-likeness (QED) is 0.453. The summed E-state index contributed by atoms with van der Waals surface area (Å²) in [5, 5.41) is 0. The zero-order chi connectivity index (χ0) is 8.39. The third-order valence-corrected chi connectivity index (χ3v) is 2.26. The molecule has 0 amide bonds.